The smallest absolute Gasteiger partial charge is 0.309 e. The molecule has 176 valence electrons. The van der Waals surface area contributed by atoms with Crippen LogP contribution in [0.1, 0.15) is 47.1 Å². The topological polar surface area (TPSA) is 76.1 Å². The molecule has 0 aliphatic rings. The highest BCUT2D eigenvalue weighted by Gasteiger charge is 2.33. The van der Waals surface area contributed by atoms with Gasteiger partial charge in [0.25, 0.3) is 0 Å². The average Bonchev–Trinajstić information content (AvgIpc) is 2.73. The number of ether oxygens (including phenoxy) is 1. The molecule has 0 bridgehead atoms. The fourth-order valence-corrected chi connectivity index (χ4v) is 4.47. The fourth-order valence-electron chi connectivity index (χ4n) is 2.93. The van der Waals surface area contributed by atoms with Gasteiger partial charge in [0.15, 0.2) is 0 Å². The minimum atomic E-state index is -3.51. The molecule has 1 atom stereocenters. The van der Waals surface area contributed by atoms with E-state index >= 15 is 0 Å². The summed E-state index contributed by atoms with van der Waals surface area (Å²) < 4.78 is 38.7. The van der Waals surface area contributed by atoms with Crippen molar-refractivity contribution in [2.45, 2.75) is 63.8 Å². The van der Waals surface area contributed by atoms with Crippen LogP contribution in [-0.2, 0) is 21.3 Å². The minimum Gasteiger partial charge on any atom is -0.457 e. The Labute approximate surface area is 195 Å². The molecule has 2 aromatic carbocycles. The number of hydrogen-bond donors (Lipinski definition) is 1. The van der Waals surface area contributed by atoms with E-state index in [0.717, 1.165) is 11.0 Å². The molecule has 0 spiro atoms. The van der Waals surface area contributed by atoms with Crippen LogP contribution in [0.25, 0.3) is 0 Å². The molecule has 1 unspecified atom stereocenters. The van der Waals surface area contributed by atoms with E-state index in [1.807, 2.05) is 39.8 Å². The first-order valence-electron chi connectivity index (χ1n) is 10.8. The lowest BCUT2D eigenvalue weighted by atomic mass is 9.81. The van der Waals surface area contributed by atoms with Gasteiger partial charge in [-0.15, -0.1) is 9.24 Å². The van der Waals surface area contributed by atoms with E-state index in [1.54, 1.807) is 30.3 Å². The molecule has 0 saturated carbocycles. The summed E-state index contributed by atoms with van der Waals surface area (Å²) >= 11 is 0. The van der Waals surface area contributed by atoms with Crippen LogP contribution in [0, 0.1) is 0 Å². The monoisotopic (exact) mass is 479 g/mol. The molecule has 0 aromatic heterocycles. The van der Waals surface area contributed by atoms with Crippen LogP contribution < -0.4 is 10.2 Å². The average molecular weight is 479 g/mol. The van der Waals surface area contributed by atoms with Crippen molar-refractivity contribution in [2.24, 2.45) is 0 Å². The van der Waals surface area contributed by atoms with Gasteiger partial charge >= 0.3 is 7.48 Å². The molecule has 1 N–H and O–H groups in total. The van der Waals surface area contributed by atoms with Crippen molar-refractivity contribution in [3.63, 3.8) is 0 Å². The SMILES string of the molecule is CCN(CC)S(=O)(=O)c1ccc(Oc2ccc(BOC(C)(C)C(C)(C)P)c(CO)c2)cc1. The van der Waals surface area contributed by atoms with Crippen LogP contribution in [0.3, 0.4) is 0 Å². The molecule has 0 fully saturated rings. The van der Waals surface area contributed by atoms with E-state index < -0.39 is 10.0 Å². The van der Waals surface area contributed by atoms with Gasteiger partial charge in [0, 0.05) is 18.2 Å². The molecule has 2 rings (SSSR count). The van der Waals surface area contributed by atoms with Gasteiger partial charge in [-0.05, 0) is 61.3 Å². The zero-order valence-corrected chi connectivity index (χ0v) is 21.9. The molecule has 0 aliphatic heterocycles. The second kappa shape index (κ2) is 10.7. The van der Waals surface area contributed by atoms with E-state index in [1.165, 1.54) is 4.31 Å². The number of hydrogen-bond acceptors (Lipinski definition) is 5. The third-order valence-corrected chi connectivity index (χ3v) is 8.65. The number of sulfonamides is 1. The Morgan fingerprint density at radius 1 is 1.00 bits per heavy atom. The van der Waals surface area contributed by atoms with Crippen LogP contribution in [-0.4, -0.2) is 49.2 Å². The third kappa shape index (κ3) is 6.33. The predicted octanol–water partition coefficient (Wildman–Crippen LogP) is 3.43. The van der Waals surface area contributed by atoms with E-state index in [0.29, 0.717) is 32.1 Å². The van der Waals surface area contributed by atoms with E-state index in [9.17, 15) is 13.5 Å². The van der Waals surface area contributed by atoms with Crippen molar-refractivity contribution < 1.29 is 22.9 Å². The number of nitrogens with zero attached hydrogens (tertiary/aromatic N) is 1. The van der Waals surface area contributed by atoms with Crippen molar-refractivity contribution in [1.82, 2.24) is 4.31 Å². The summed E-state index contributed by atoms with van der Waals surface area (Å²) in [5.74, 6) is 1.07. The standard InChI is InChI=1S/C23H35BNO5PS/c1-7-25(8-2)32(27,28)20-12-9-18(10-13-20)29-19-11-14-21(17(15-19)16-26)24-30-22(3,4)23(5,6)31/h9-15,24,26H,7-8,16,31H2,1-6H3. The number of aliphatic hydroxyl groups is 1. The van der Waals surface area contributed by atoms with Crippen molar-refractivity contribution in [3.8, 4) is 11.5 Å². The van der Waals surface area contributed by atoms with Crippen molar-refractivity contribution in [3.05, 3.63) is 48.0 Å². The molecule has 6 nitrogen and oxygen atoms in total. The van der Waals surface area contributed by atoms with Crippen molar-refractivity contribution in [1.29, 1.82) is 0 Å². The zero-order chi connectivity index (χ0) is 24.2. The molecular weight excluding hydrogens is 444 g/mol. The first kappa shape index (κ1) is 26.8. The molecule has 32 heavy (non-hydrogen) atoms. The Balaban J connectivity index is 2.15. The van der Waals surface area contributed by atoms with Gasteiger partial charge in [0.05, 0.1) is 17.1 Å². The van der Waals surface area contributed by atoms with E-state index in [-0.39, 0.29) is 22.3 Å². The maximum atomic E-state index is 12.6. The Morgan fingerprint density at radius 3 is 2.06 bits per heavy atom. The highest BCUT2D eigenvalue weighted by molar-refractivity contribution is 7.89. The highest BCUT2D eigenvalue weighted by Crippen LogP contribution is 2.33. The van der Waals surface area contributed by atoms with Gasteiger partial charge in [-0.25, -0.2) is 8.42 Å². The summed E-state index contributed by atoms with van der Waals surface area (Å²) in [5, 5.41) is 9.73. The Morgan fingerprint density at radius 2 is 1.56 bits per heavy atom. The summed E-state index contributed by atoms with van der Waals surface area (Å²) in [4.78, 5) is 0.233. The minimum absolute atomic E-state index is 0.111. The molecule has 2 aromatic rings. The summed E-state index contributed by atoms with van der Waals surface area (Å²) in [7, 11) is -0.322. The fraction of sp³-hybridized carbons (Fsp3) is 0.478. The Bertz CT molecular complexity index is 1000. The summed E-state index contributed by atoms with van der Waals surface area (Å²) in [6, 6.07) is 11.8. The van der Waals surface area contributed by atoms with Crippen LogP contribution in [0.15, 0.2) is 47.4 Å². The third-order valence-electron chi connectivity index (χ3n) is 5.89. The van der Waals surface area contributed by atoms with Gasteiger partial charge in [-0.2, -0.15) is 4.31 Å². The predicted molar refractivity (Wildman–Crippen MR) is 135 cm³/mol. The van der Waals surface area contributed by atoms with Gasteiger partial charge in [0.1, 0.15) is 11.5 Å². The van der Waals surface area contributed by atoms with Gasteiger partial charge in [0.2, 0.25) is 10.0 Å². The van der Waals surface area contributed by atoms with Crippen LogP contribution in [0.5, 0.6) is 11.5 Å². The second-order valence-electron chi connectivity index (χ2n) is 8.77. The number of benzene rings is 2. The van der Waals surface area contributed by atoms with Gasteiger partial charge in [-0.1, -0.05) is 33.8 Å². The van der Waals surface area contributed by atoms with Crippen molar-refractivity contribution in [2.75, 3.05) is 13.1 Å². The second-order valence-corrected chi connectivity index (χ2v) is 12.2. The maximum absolute atomic E-state index is 12.6. The molecule has 0 aliphatic carbocycles. The first-order valence-corrected chi connectivity index (χ1v) is 12.8. The Hall–Kier alpha value is -1.44. The lowest BCUT2D eigenvalue weighted by Crippen LogP contribution is -2.45. The summed E-state index contributed by atoms with van der Waals surface area (Å²) in [6.07, 6.45) is 0. The number of rotatable bonds is 11. The molecule has 0 saturated heterocycles. The highest BCUT2D eigenvalue weighted by atomic mass is 32.2. The largest absolute Gasteiger partial charge is 0.457 e. The van der Waals surface area contributed by atoms with Crippen molar-refractivity contribution >= 4 is 32.2 Å². The van der Waals surface area contributed by atoms with Gasteiger partial charge in [-0.3, -0.25) is 0 Å². The maximum Gasteiger partial charge on any atom is 0.309 e. The van der Waals surface area contributed by atoms with Crippen LogP contribution >= 0.6 is 9.24 Å². The molecule has 0 heterocycles. The van der Waals surface area contributed by atoms with Gasteiger partial charge < -0.3 is 14.5 Å². The quantitative estimate of drug-likeness (QED) is 0.395. The van der Waals surface area contributed by atoms with Crippen LogP contribution in [0.2, 0.25) is 0 Å². The number of aliphatic hydroxyl groups excluding tert-OH is 1. The lowest BCUT2D eigenvalue weighted by molar-refractivity contribution is 0.0840. The normalized spacial score (nSPS) is 12.8. The Kier molecular flexibility index (Phi) is 8.93. The molecular formula is C23H35BNO5PS. The molecule has 0 radical (unpaired) electrons. The zero-order valence-electron chi connectivity index (χ0n) is 19.9. The van der Waals surface area contributed by atoms with Crippen LogP contribution in [0.4, 0.5) is 0 Å². The summed E-state index contributed by atoms with van der Waals surface area (Å²) in [5.41, 5.74) is 1.25. The lowest BCUT2D eigenvalue weighted by Gasteiger charge is -2.39. The van der Waals surface area contributed by atoms with E-state index in [4.69, 9.17) is 9.39 Å². The molecule has 0 amide bonds. The summed E-state index contributed by atoms with van der Waals surface area (Å²) in [6.45, 7) is 12.6. The molecule has 9 heteroatoms. The van der Waals surface area contributed by atoms with E-state index in [2.05, 4.69) is 23.1 Å². The first-order chi connectivity index (χ1) is 14.9.